The zero-order valence-corrected chi connectivity index (χ0v) is 13.0. The van der Waals surface area contributed by atoms with Crippen LogP contribution in [-0.4, -0.2) is 48.6 Å². The number of alkyl halides is 3. The topological polar surface area (TPSA) is 38.8 Å². The molecule has 21 heavy (non-hydrogen) atoms. The summed E-state index contributed by atoms with van der Waals surface area (Å²) < 4.78 is 47.1. The maximum atomic E-state index is 12.3. The molecule has 0 aromatic rings. The molecular formula is C14H24F3NO3. The Morgan fingerprint density at radius 3 is 2.38 bits per heavy atom. The molecule has 1 aliphatic rings. The van der Waals surface area contributed by atoms with E-state index in [-0.39, 0.29) is 12.5 Å². The molecule has 1 aliphatic heterocycles. The van der Waals surface area contributed by atoms with Gasteiger partial charge in [-0.2, -0.15) is 13.2 Å². The van der Waals surface area contributed by atoms with Crippen LogP contribution in [0.1, 0.15) is 40.5 Å². The molecule has 1 saturated heterocycles. The molecular weight excluding hydrogens is 287 g/mol. The molecule has 124 valence electrons. The molecule has 0 spiro atoms. The fourth-order valence-electron chi connectivity index (χ4n) is 2.31. The van der Waals surface area contributed by atoms with Crippen LogP contribution < -0.4 is 0 Å². The lowest BCUT2D eigenvalue weighted by Crippen LogP contribution is -2.49. The Morgan fingerprint density at radius 1 is 1.29 bits per heavy atom. The number of hydrogen-bond acceptors (Lipinski definition) is 3. The molecule has 0 saturated carbocycles. The molecule has 1 amide bonds. The molecule has 0 bridgehead atoms. The van der Waals surface area contributed by atoms with E-state index in [0.29, 0.717) is 13.0 Å². The van der Waals surface area contributed by atoms with Gasteiger partial charge in [-0.15, -0.1) is 0 Å². The van der Waals surface area contributed by atoms with Crippen LogP contribution in [-0.2, 0) is 9.47 Å². The number of carbonyl (C=O) groups excluding carboxylic acids is 1. The number of amides is 1. The number of hydrogen-bond donors (Lipinski definition) is 0. The monoisotopic (exact) mass is 311 g/mol. The highest BCUT2D eigenvalue weighted by Gasteiger charge is 2.36. The van der Waals surface area contributed by atoms with E-state index in [1.165, 1.54) is 4.90 Å². The Labute approximate surface area is 123 Å². The molecule has 7 heteroatoms. The Balaban J connectivity index is 2.61. The van der Waals surface area contributed by atoms with E-state index in [1.807, 2.05) is 6.92 Å². The van der Waals surface area contributed by atoms with Crippen molar-refractivity contribution in [3.05, 3.63) is 0 Å². The highest BCUT2D eigenvalue weighted by Crippen LogP contribution is 2.26. The van der Waals surface area contributed by atoms with Gasteiger partial charge in [-0.25, -0.2) is 4.79 Å². The van der Waals surface area contributed by atoms with E-state index in [2.05, 4.69) is 0 Å². The highest BCUT2D eigenvalue weighted by molar-refractivity contribution is 5.68. The molecule has 0 aromatic heterocycles. The minimum Gasteiger partial charge on any atom is -0.444 e. The van der Waals surface area contributed by atoms with Gasteiger partial charge in [0.15, 0.2) is 0 Å². The Hall–Kier alpha value is -0.980. The molecule has 0 N–H and O–H groups in total. The predicted octanol–water partition coefficient (Wildman–Crippen LogP) is 3.60. The number of likely N-dealkylation sites (tertiary alicyclic amines) is 1. The van der Waals surface area contributed by atoms with Gasteiger partial charge in [0.1, 0.15) is 12.2 Å². The molecule has 0 aliphatic carbocycles. The third-order valence-electron chi connectivity index (χ3n) is 3.33. The van der Waals surface area contributed by atoms with Gasteiger partial charge in [-0.3, -0.25) is 0 Å². The zero-order valence-electron chi connectivity index (χ0n) is 13.0. The van der Waals surface area contributed by atoms with Crippen LogP contribution in [0.5, 0.6) is 0 Å². The van der Waals surface area contributed by atoms with Crippen molar-refractivity contribution in [2.75, 3.05) is 19.7 Å². The first-order valence-electron chi connectivity index (χ1n) is 7.18. The fourth-order valence-corrected chi connectivity index (χ4v) is 2.31. The van der Waals surface area contributed by atoms with Crippen LogP contribution in [0, 0.1) is 5.92 Å². The van der Waals surface area contributed by atoms with Gasteiger partial charge in [-0.1, -0.05) is 13.3 Å². The molecule has 0 unspecified atom stereocenters. The van der Waals surface area contributed by atoms with Crippen LogP contribution in [0.3, 0.4) is 0 Å². The van der Waals surface area contributed by atoms with Gasteiger partial charge in [0, 0.05) is 6.54 Å². The summed E-state index contributed by atoms with van der Waals surface area (Å²) in [6.07, 6.45) is -4.11. The Kier molecular flexibility index (Phi) is 5.90. The van der Waals surface area contributed by atoms with Crippen molar-refractivity contribution in [2.24, 2.45) is 5.92 Å². The smallest absolute Gasteiger partial charge is 0.411 e. The van der Waals surface area contributed by atoms with E-state index in [9.17, 15) is 18.0 Å². The second-order valence-corrected chi connectivity index (χ2v) is 6.35. The number of halogens is 3. The summed E-state index contributed by atoms with van der Waals surface area (Å²) in [5, 5.41) is 0. The van der Waals surface area contributed by atoms with Crippen molar-refractivity contribution in [1.29, 1.82) is 0 Å². The number of nitrogens with zero attached hydrogens (tertiary/aromatic N) is 1. The van der Waals surface area contributed by atoms with Crippen LogP contribution in [0.15, 0.2) is 0 Å². The third-order valence-corrected chi connectivity index (χ3v) is 3.33. The number of carbonyl (C=O) groups is 1. The van der Waals surface area contributed by atoms with Crippen molar-refractivity contribution >= 4 is 6.09 Å². The lowest BCUT2D eigenvalue weighted by Gasteiger charge is -2.38. The van der Waals surface area contributed by atoms with E-state index in [0.717, 1.165) is 6.42 Å². The van der Waals surface area contributed by atoms with Gasteiger partial charge in [-0.05, 0) is 33.1 Å². The number of piperidine rings is 1. The lowest BCUT2D eigenvalue weighted by atomic mass is 9.91. The van der Waals surface area contributed by atoms with Crippen LogP contribution in [0.4, 0.5) is 18.0 Å². The number of ether oxygens (including phenoxy) is 2. The van der Waals surface area contributed by atoms with Gasteiger partial charge in [0.25, 0.3) is 0 Å². The van der Waals surface area contributed by atoms with Gasteiger partial charge < -0.3 is 14.4 Å². The SMILES string of the molecule is CC[C@H]1CCN(C(=O)OC(C)(C)C)C[C@@H]1OCC(F)(F)F. The van der Waals surface area contributed by atoms with E-state index in [1.54, 1.807) is 20.8 Å². The van der Waals surface area contributed by atoms with E-state index < -0.39 is 30.6 Å². The quantitative estimate of drug-likeness (QED) is 0.799. The van der Waals surface area contributed by atoms with Crippen molar-refractivity contribution < 1.29 is 27.4 Å². The van der Waals surface area contributed by atoms with Crippen molar-refractivity contribution in [1.82, 2.24) is 4.90 Å². The zero-order chi connectivity index (χ0) is 16.3. The average Bonchev–Trinajstić information content (AvgIpc) is 2.33. The molecule has 2 atom stereocenters. The van der Waals surface area contributed by atoms with Gasteiger partial charge in [0.05, 0.1) is 12.6 Å². The molecule has 1 rings (SSSR count). The molecule has 1 fully saturated rings. The molecule has 0 aromatic carbocycles. The largest absolute Gasteiger partial charge is 0.444 e. The standard InChI is InChI=1S/C14H24F3NO3/c1-5-10-6-7-18(12(19)21-13(2,3)4)8-11(10)20-9-14(15,16)17/h10-11H,5-9H2,1-4H3/t10-,11-/m0/s1. The summed E-state index contributed by atoms with van der Waals surface area (Å²) in [5.41, 5.74) is -0.624. The summed E-state index contributed by atoms with van der Waals surface area (Å²) in [6, 6.07) is 0. The normalized spacial score (nSPS) is 24.0. The maximum Gasteiger partial charge on any atom is 0.411 e. The van der Waals surface area contributed by atoms with Crippen LogP contribution >= 0.6 is 0 Å². The van der Waals surface area contributed by atoms with E-state index >= 15 is 0 Å². The minimum atomic E-state index is -4.35. The van der Waals surface area contributed by atoms with Crippen LogP contribution in [0.25, 0.3) is 0 Å². The summed E-state index contributed by atoms with van der Waals surface area (Å²) in [5.74, 6) is 0.0334. The average molecular weight is 311 g/mol. The second kappa shape index (κ2) is 6.85. The molecule has 1 heterocycles. The second-order valence-electron chi connectivity index (χ2n) is 6.35. The first-order valence-corrected chi connectivity index (χ1v) is 7.18. The Bertz CT molecular complexity index is 352. The summed E-state index contributed by atoms with van der Waals surface area (Å²) in [4.78, 5) is 13.4. The fraction of sp³-hybridized carbons (Fsp3) is 0.929. The third kappa shape index (κ3) is 6.54. The number of rotatable bonds is 3. The minimum absolute atomic E-state index is 0.0334. The summed E-state index contributed by atoms with van der Waals surface area (Å²) >= 11 is 0. The maximum absolute atomic E-state index is 12.3. The highest BCUT2D eigenvalue weighted by atomic mass is 19.4. The van der Waals surface area contributed by atoms with Crippen molar-refractivity contribution in [2.45, 2.75) is 58.4 Å². The summed E-state index contributed by atoms with van der Waals surface area (Å²) in [6.45, 7) is 6.51. The predicted molar refractivity (Wildman–Crippen MR) is 72.0 cm³/mol. The van der Waals surface area contributed by atoms with Crippen molar-refractivity contribution in [3.8, 4) is 0 Å². The molecule has 4 nitrogen and oxygen atoms in total. The van der Waals surface area contributed by atoms with Crippen molar-refractivity contribution in [3.63, 3.8) is 0 Å². The Morgan fingerprint density at radius 2 is 1.90 bits per heavy atom. The lowest BCUT2D eigenvalue weighted by molar-refractivity contribution is -0.195. The first kappa shape index (κ1) is 18.1. The van der Waals surface area contributed by atoms with Gasteiger partial charge in [0.2, 0.25) is 0 Å². The first-order chi connectivity index (χ1) is 9.52. The van der Waals surface area contributed by atoms with Gasteiger partial charge >= 0.3 is 12.3 Å². The van der Waals surface area contributed by atoms with E-state index in [4.69, 9.17) is 9.47 Å². The molecule has 0 radical (unpaired) electrons. The van der Waals surface area contributed by atoms with Crippen LogP contribution in [0.2, 0.25) is 0 Å². The summed E-state index contributed by atoms with van der Waals surface area (Å²) in [7, 11) is 0.